The van der Waals surface area contributed by atoms with Crippen LogP contribution in [0.4, 0.5) is 0 Å². The van der Waals surface area contributed by atoms with E-state index in [1.807, 2.05) is 38.1 Å². The molecule has 2 aromatic carbocycles. The molecule has 0 fully saturated rings. The van der Waals surface area contributed by atoms with Gasteiger partial charge in [0.05, 0.1) is 17.8 Å². The average molecular weight is 360 g/mol. The first kappa shape index (κ1) is 16.7. The fourth-order valence-electron chi connectivity index (χ4n) is 2.60. The summed E-state index contributed by atoms with van der Waals surface area (Å²) in [5.41, 5.74) is 3.46. The molecule has 0 spiro atoms. The Morgan fingerprint density at radius 3 is 2.50 bits per heavy atom. The van der Waals surface area contributed by atoms with Gasteiger partial charge in [0, 0.05) is 21.5 Å². The first-order chi connectivity index (χ1) is 11.5. The molecular formula is C19H15Cl2NO2. The molecule has 3 rings (SSSR count). The first-order valence-electron chi connectivity index (χ1n) is 7.54. The molecular weight excluding hydrogens is 345 g/mol. The van der Waals surface area contributed by atoms with Gasteiger partial charge in [0.1, 0.15) is 5.75 Å². The molecule has 0 aliphatic heterocycles. The summed E-state index contributed by atoms with van der Waals surface area (Å²) < 4.78 is 5.45. The highest BCUT2D eigenvalue weighted by atomic mass is 35.5. The van der Waals surface area contributed by atoms with E-state index in [0.29, 0.717) is 33.8 Å². The van der Waals surface area contributed by atoms with Gasteiger partial charge in [-0.15, -0.1) is 0 Å². The summed E-state index contributed by atoms with van der Waals surface area (Å²) in [7, 11) is 0. The van der Waals surface area contributed by atoms with E-state index in [1.165, 1.54) is 0 Å². The summed E-state index contributed by atoms with van der Waals surface area (Å²) in [6.07, 6.45) is 0. The van der Waals surface area contributed by atoms with Crippen molar-refractivity contribution < 1.29 is 9.53 Å². The molecule has 1 aromatic heterocycles. The number of halogens is 2. The van der Waals surface area contributed by atoms with Crippen LogP contribution in [-0.4, -0.2) is 16.8 Å². The van der Waals surface area contributed by atoms with Gasteiger partial charge >= 0.3 is 0 Å². The molecule has 0 amide bonds. The number of hydrogen-bond donors (Lipinski definition) is 0. The van der Waals surface area contributed by atoms with Gasteiger partial charge in [0.25, 0.3) is 5.24 Å². The SMILES string of the molecule is CCOc1ccc(-c2cc(C(=O)Cl)c3ccc(Cl)c(C)c3n2)cc1. The zero-order chi connectivity index (χ0) is 17.3. The predicted octanol–water partition coefficient (Wildman–Crippen LogP) is 5.64. The number of nitrogens with zero attached hydrogens (tertiary/aromatic N) is 1. The van der Waals surface area contributed by atoms with Crippen LogP contribution in [0.3, 0.4) is 0 Å². The minimum Gasteiger partial charge on any atom is -0.494 e. The normalized spacial score (nSPS) is 10.8. The number of carbonyl (C=O) groups is 1. The lowest BCUT2D eigenvalue weighted by Crippen LogP contribution is -1.98. The van der Waals surface area contributed by atoms with E-state index >= 15 is 0 Å². The Bertz CT molecular complexity index is 921. The number of aromatic nitrogens is 1. The van der Waals surface area contributed by atoms with Crippen LogP contribution in [0.25, 0.3) is 22.2 Å². The van der Waals surface area contributed by atoms with E-state index in [0.717, 1.165) is 16.9 Å². The van der Waals surface area contributed by atoms with Crippen LogP contribution in [0.1, 0.15) is 22.8 Å². The summed E-state index contributed by atoms with van der Waals surface area (Å²) in [4.78, 5) is 16.6. The van der Waals surface area contributed by atoms with Crippen molar-refractivity contribution in [1.82, 2.24) is 4.98 Å². The molecule has 122 valence electrons. The number of benzene rings is 2. The number of pyridine rings is 1. The Labute approximate surface area is 150 Å². The maximum Gasteiger partial charge on any atom is 0.253 e. The first-order valence-corrected chi connectivity index (χ1v) is 8.29. The Kier molecular flexibility index (Phi) is 4.74. The van der Waals surface area contributed by atoms with Gasteiger partial charge in [-0.3, -0.25) is 4.79 Å². The van der Waals surface area contributed by atoms with Crippen molar-refractivity contribution in [2.75, 3.05) is 6.61 Å². The van der Waals surface area contributed by atoms with Crippen molar-refractivity contribution in [1.29, 1.82) is 0 Å². The number of aryl methyl sites for hydroxylation is 1. The fourth-order valence-corrected chi connectivity index (χ4v) is 2.91. The average Bonchev–Trinajstić information content (AvgIpc) is 2.58. The van der Waals surface area contributed by atoms with Gasteiger partial charge in [0.15, 0.2) is 0 Å². The van der Waals surface area contributed by atoms with Crippen LogP contribution in [0, 0.1) is 6.92 Å². The third kappa shape index (κ3) is 3.10. The highest BCUT2D eigenvalue weighted by Crippen LogP contribution is 2.31. The van der Waals surface area contributed by atoms with Crippen LogP contribution in [0.15, 0.2) is 42.5 Å². The number of carbonyl (C=O) groups excluding carboxylic acids is 1. The standard InChI is InChI=1S/C19H15Cl2NO2/c1-3-24-13-6-4-12(5-7-13)17-10-15(19(21)23)14-8-9-16(20)11(2)18(14)22-17/h4-10H,3H2,1-2H3. The van der Waals surface area contributed by atoms with Crippen LogP contribution in [-0.2, 0) is 0 Å². The molecule has 1 heterocycles. The van der Waals surface area contributed by atoms with E-state index in [2.05, 4.69) is 4.98 Å². The molecule has 0 aliphatic carbocycles. The molecule has 3 nitrogen and oxygen atoms in total. The van der Waals surface area contributed by atoms with E-state index in [9.17, 15) is 4.79 Å². The van der Waals surface area contributed by atoms with Gasteiger partial charge < -0.3 is 4.74 Å². The van der Waals surface area contributed by atoms with Crippen LogP contribution in [0.2, 0.25) is 5.02 Å². The molecule has 0 saturated heterocycles. The van der Waals surface area contributed by atoms with Gasteiger partial charge in [0.2, 0.25) is 0 Å². The van der Waals surface area contributed by atoms with Crippen molar-refractivity contribution in [2.45, 2.75) is 13.8 Å². The molecule has 0 atom stereocenters. The Hall–Kier alpha value is -2.10. The maximum absolute atomic E-state index is 11.9. The second kappa shape index (κ2) is 6.80. The largest absolute Gasteiger partial charge is 0.494 e. The van der Waals surface area contributed by atoms with E-state index < -0.39 is 5.24 Å². The monoisotopic (exact) mass is 359 g/mol. The van der Waals surface area contributed by atoms with Gasteiger partial charge in [-0.05, 0) is 67.4 Å². The maximum atomic E-state index is 11.9. The summed E-state index contributed by atoms with van der Waals surface area (Å²) in [5, 5.41) is 0.787. The van der Waals surface area contributed by atoms with Crippen LogP contribution >= 0.6 is 23.2 Å². The summed E-state index contributed by atoms with van der Waals surface area (Å²) in [5.74, 6) is 0.787. The van der Waals surface area contributed by atoms with E-state index in [4.69, 9.17) is 27.9 Å². The zero-order valence-corrected chi connectivity index (χ0v) is 14.8. The minimum absolute atomic E-state index is 0.422. The molecule has 0 bridgehead atoms. The van der Waals surface area contributed by atoms with Crippen LogP contribution < -0.4 is 4.74 Å². The quantitative estimate of drug-likeness (QED) is 0.565. The molecule has 0 radical (unpaired) electrons. The number of ether oxygens (including phenoxy) is 1. The summed E-state index contributed by atoms with van der Waals surface area (Å²) in [6.45, 7) is 4.42. The third-order valence-electron chi connectivity index (χ3n) is 3.84. The fraction of sp³-hybridized carbons (Fsp3) is 0.158. The molecule has 0 aliphatic rings. The molecule has 0 saturated carbocycles. The smallest absolute Gasteiger partial charge is 0.253 e. The van der Waals surface area contributed by atoms with Crippen LogP contribution in [0.5, 0.6) is 5.75 Å². The van der Waals surface area contributed by atoms with Gasteiger partial charge in [-0.25, -0.2) is 4.98 Å². The molecule has 0 N–H and O–H groups in total. The van der Waals surface area contributed by atoms with Crippen molar-refractivity contribution in [3.05, 3.63) is 58.6 Å². The number of fused-ring (bicyclic) bond motifs is 1. The lowest BCUT2D eigenvalue weighted by atomic mass is 10.0. The lowest BCUT2D eigenvalue weighted by Gasteiger charge is -2.11. The Morgan fingerprint density at radius 1 is 1.17 bits per heavy atom. The number of rotatable bonds is 4. The number of hydrogen-bond acceptors (Lipinski definition) is 3. The van der Waals surface area contributed by atoms with E-state index in [-0.39, 0.29) is 0 Å². The topological polar surface area (TPSA) is 39.2 Å². The van der Waals surface area contributed by atoms with Gasteiger partial charge in [-0.1, -0.05) is 17.7 Å². The second-order valence-electron chi connectivity index (χ2n) is 5.35. The van der Waals surface area contributed by atoms with Gasteiger partial charge in [-0.2, -0.15) is 0 Å². The molecule has 0 unspecified atom stereocenters. The summed E-state index contributed by atoms with van der Waals surface area (Å²) in [6, 6.07) is 12.8. The Balaban J connectivity index is 2.21. The summed E-state index contributed by atoms with van der Waals surface area (Å²) >= 11 is 12.0. The van der Waals surface area contributed by atoms with Crippen molar-refractivity contribution in [3.63, 3.8) is 0 Å². The van der Waals surface area contributed by atoms with Crippen molar-refractivity contribution >= 4 is 39.3 Å². The zero-order valence-electron chi connectivity index (χ0n) is 13.3. The minimum atomic E-state index is -0.517. The second-order valence-corrected chi connectivity index (χ2v) is 6.11. The van der Waals surface area contributed by atoms with Crippen molar-refractivity contribution in [3.8, 4) is 17.0 Å². The lowest BCUT2D eigenvalue weighted by molar-refractivity contribution is 0.108. The predicted molar refractivity (Wildman–Crippen MR) is 98.3 cm³/mol. The van der Waals surface area contributed by atoms with Crippen molar-refractivity contribution in [2.24, 2.45) is 0 Å². The molecule has 5 heteroatoms. The highest BCUT2D eigenvalue weighted by Gasteiger charge is 2.15. The highest BCUT2D eigenvalue weighted by molar-refractivity contribution is 6.68. The molecule has 24 heavy (non-hydrogen) atoms. The molecule has 3 aromatic rings. The van der Waals surface area contributed by atoms with E-state index in [1.54, 1.807) is 18.2 Å². The Morgan fingerprint density at radius 2 is 1.88 bits per heavy atom. The third-order valence-corrected chi connectivity index (χ3v) is 4.45.